The van der Waals surface area contributed by atoms with Crippen LogP contribution in [0.2, 0.25) is 0 Å². The van der Waals surface area contributed by atoms with Gasteiger partial charge in [0.1, 0.15) is 6.04 Å². The van der Waals surface area contributed by atoms with Crippen molar-refractivity contribution in [2.75, 3.05) is 6.54 Å². The van der Waals surface area contributed by atoms with Gasteiger partial charge < -0.3 is 10.4 Å². The Hall–Kier alpha value is -1.93. The zero-order chi connectivity index (χ0) is 17.7. The lowest BCUT2D eigenvalue weighted by atomic mass is 10.1. The molecule has 0 aliphatic heterocycles. The fraction of sp³-hybridized carbons (Fsp3) is 0.500. The first kappa shape index (κ1) is 18.4. The summed E-state index contributed by atoms with van der Waals surface area (Å²) in [5, 5.41) is 11.7. The van der Waals surface area contributed by atoms with Crippen molar-refractivity contribution in [3.8, 4) is 0 Å². The summed E-state index contributed by atoms with van der Waals surface area (Å²) in [5.41, 5.74) is 0.624. The van der Waals surface area contributed by atoms with Crippen molar-refractivity contribution in [3.63, 3.8) is 0 Å². The molecule has 1 saturated carbocycles. The van der Waals surface area contributed by atoms with E-state index in [9.17, 15) is 18.0 Å². The van der Waals surface area contributed by atoms with E-state index in [1.165, 1.54) is 12.1 Å². The maximum absolute atomic E-state index is 12.0. The van der Waals surface area contributed by atoms with E-state index >= 15 is 0 Å². The van der Waals surface area contributed by atoms with Gasteiger partial charge in [0.05, 0.1) is 11.3 Å². The second-order valence-corrected chi connectivity index (χ2v) is 7.73. The number of amides is 1. The third-order valence-electron chi connectivity index (χ3n) is 3.83. The Morgan fingerprint density at radius 1 is 1.25 bits per heavy atom. The third kappa shape index (κ3) is 5.31. The van der Waals surface area contributed by atoms with Crippen LogP contribution in [0.4, 0.5) is 0 Å². The summed E-state index contributed by atoms with van der Waals surface area (Å²) in [6, 6.07) is 5.11. The third-order valence-corrected chi connectivity index (χ3v) is 5.39. The number of sulfonamides is 1. The zero-order valence-corrected chi connectivity index (χ0v) is 14.3. The minimum Gasteiger partial charge on any atom is -0.480 e. The largest absolute Gasteiger partial charge is 0.480 e. The number of nitrogens with one attached hydrogen (secondary N) is 2. The van der Waals surface area contributed by atoms with Crippen LogP contribution in [-0.4, -0.2) is 38.0 Å². The number of hydrogen-bond acceptors (Lipinski definition) is 4. The Bertz CT molecular complexity index is 696. The molecule has 0 saturated heterocycles. The standard InChI is InChI=1S/C16H22N2O5S/c1-2-17-24(22,23)13-7-5-12(6-8-13)10-15(19)18-14(16(20)21)9-11-3-4-11/h5-8,11,14,17H,2-4,9-10H2,1H3,(H,18,19)(H,20,21). The van der Waals surface area contributed by atoms with Crippen LogP contribution >= 0.6 is 0 Å². The monoisotopic (exact) mass is 354 g/mol. The lowest BCUT2D eigenvalue weighted by molar-refractivity contribution is -0.142. The second kappa shape index (κ2) is 7.76. The molecule has 0 radical (unpaired) electrons. The minimum atomic E-state index is -3.52. The summed E-state index contributed by atoms with van der Waals surface area (Å²) in [5.74, 6) is -1.02. The molecule has 1 aliphatic carbocycles. The Balaban J connectivity index is 1.94. The van der Waals surface area contributed by atoms with Gasteiger partial charge in [0, 0.05) is 6.54 Å². The minimum absolute atomic E-state index is 0.00990. The number of aliphatic carboxylic acids is 1. The summed E-state index contributed by atoms with van der Waals surface area (Å²) in [6.07, 6.45) is 2.50. The molecule has 1 aromatic carbocycles. The topological polar surface area (TPSA) is 113 Å². The van der Waals surface area contributed by atoms with Crippen molar-refractivity contribution >= 4 is 21.9 Å². The molecule has 1 aromatic rings. The molecule has 1 aliphatic rings. The normalized spacial score (nSPS) is 15.7. The zero-order valence-electron chi connectivity index (χ0n) is 13.5. The fourth-order valence-corrected chi connectivity index (χ4v) is 3.44. The first-order chi connectivity index (χ1) is 11.3. The van der Waals surface area contributed by atoms with Crippen LogP contribution in [-0.2, 0) is 26.0 Å². The maximum Gasteiger partial charge on any atom is 0.326 e. The second-order valence-electron chi connectivity index (χ2n) is 5.96. The summed E-state index contributed by atoms with van der Waals surface area (Å²) >= 11 is 0. The van der Waals surface area contributed by atoms with Gasteiger partial charge in [-0.05, 0) is 30.0 Å². The highest BCUT2D eigenvalue weighted by atomic mass is 32.2. The molecule has 8 heteroatoms. The van der Waals surface area contributed by atoms with Gasteiger partial charge in [0.25, 0.3) is 0 Å². The van der Waals surface area contributed by atoms with Gasteiger partial charge in [-0.3, -0.25) is 4.79 Å². The molecular weight excluding hydrogens is 332 g/mol. The van der Waals surface area contributed by atoms with Gasteiger partial charge in [-0.15, -0.1) is 0 Å². The highest BCUT2D eigenvalue weighted by Gasteiger charge is 2.30. The van der Waals surface area contributed by atoms with E-state index in [1.807, 2.05) is 0 Å². The molecular formula is C16H22N2O5S. The van der Waals surface area contributed by atoms with E-state index < -0.39 is 22.0 Å². The van der Waals surface area contributed by atoms with Crippen molar-refractivity contribution in [2.24, 2.45) is 5.92 Å². The molecule has 0 aromatic heterocycles. The first-order valence-electron chi connectivity index (χ1n) is 7.92. The molecule has 24 heavy (non-hydrogen) atoms. The molecule has 0 spiro atoms. The molecule has 0 heterocycles. The molecule has 1 fully saturated rings. The van der Waals surface area contributed by atoms with E-state index in [1.54, 1.807) is 19.1 Å². The van der Waals surface area contributed by atoms with Gasteiger partial charge in [-0.1, -0.05) is 31.9 Å². The van der Waals surface area contributed by atoms with Gasteiger partial charge in [-0.25, -0.2) is 17.9 Å². The Morgan fingerprint density at radius 2 is 1.88 bits per heavy atom. The quantitative estimate of drug-likeness (QED) is 0.610. The molecule has 1 atom stereocenters. The number of benzene rings is 1. The van der Waals surface area contributed by atoms with E-state index in [0.717, 1.165) is 12.8 Å². The summed E-state index contributed by atoms with van der Waals surface area (Å²) < 4.78 is 26.1. The maximum atomic E-state index is 12.0. The smallest absolute Gasteiger partial charge is 0.326 e. The number of carboxylic acid groups (broad SMARTS) is 1. The average molecular weight is 354 g/mol. The summed E-state index contributed by atoms with van der Waals surface area (Å²) in [6.45, 7) is 1.99. The predicted molar refractivity (Wildman–Crippen MR) is 87.9 cm³/mol. The first-order valence-corrected chi connectivity index (χ1v) is 9.41. The van der Waals surface area contributed by atoms with Gasteiger partial charge in [-0.2, -0.15) is 0 Å². The lowest BCUT2D eigenvalue weighted by Gasteiger charge is -2.14. The van der Waals surface area contributed by atoms with Crippen molar-refractivity contribution in [3.05, 3.63) is 29.8 Å². The van der Waals surface area contributed by atoms with Gasteiger partial charge >= 0.3 is 5.97 Å². The highest BCUT2D eigenvalue weighted by Crippen LogP contribution is 2.33. The predicted octanol–water partition coefficient (Wildman–Crippen LogP) is 0.897. The van der Waals surface area contributed by atoms with E-state index in [4.69, 9.17) is 5.11 Å². The van der Waals surface area contributed by atoms with E-state index in [-0.39, 0.29) is 17.2 Å². The number of carboxylic acids is 1. The number of rotatable bonds is 9. The summed E-state index contributed by atoms with van der Waals surface area (Å²) in [7, 11) is -3.52. The van der Waals surface area contributed by atoms with Gasteiger partial charge in [0.2, 0.25) is 15.9 Å². The van der Waals surface area contributed by atoms with Crippen LogP contribution in [0.3, 0.4) is 0 Å². The van der Waals surface area contributed by atoms with Crippen LogP contribution < -0.4 is 10.0 Å². The van der Waals surface area contributed by atoms with Crippen LogP contribution in [0.5, 0.6) is 0 Å². The van der Waals surface area contributed by atoms with Crippen LogP contribution in [0, 0.1) is 5.92 Å². The Labute approximate surface area is 141 Å². The van der Waals surface area contributed by atoms with Crippen molar-refractivity contribution in [1.29, 1.82) is 0 Å². The molecule has 0 bridgehead atoms. The average Bonchev–Trinajstić information content (AvgIpc) is 3.31. The van der Waals surface area contributed by atoms with Gasteiger partial charge in [0.15, 0.2) is 0 Å². The highest BCUT2D eigenvalue weighted by molar-refractivity contribution is 7.89. The molecule has 132 valence electrons. The fourth-order valence-electron chi connectivity index (χ4n) is 2.40. The Kier molecular flexibility index (Phi) is 5.95. The van der Waals surface area contributed by atoms with E-state index in [0.29, 0.717) is 24.4 Å². The van der Waals surface area contributed by atoms with Crippen molar-refractivity contribution in [2.45, 2.75) is 43.5 Å². The van der Waals surface area contributed by atoms with Crippen molar-refractivity contribution < 1.29 is 23.1 Å². The number of hydrogen-bond donors (Lipinski definition) is 3. The van der Waals surface area contributed by atoms with Crippen LogP contribution in [0.1, 0.15) is 31.7 Å². The number of carbonyl (C=O) groups is 2. The van der Waals surface area contributed by atoms with Crippen molar-refractivity contribution in [1.82, 2.24) is 10.0 Å². The molecule has 1 unspecified atom stereocenters. The molecule has 2 rings (SSSR count). The van der Waals surface area contributed by atoms with E-state index in [2.05, 4.69) is 10.0 Å². The van der Waals surface area contributed by atoms with Crippen LogP contribution in [0.15, 0.2) is 29.2 Å². The summed E-state index contributed by atoms with van der Waals surface area (Å²) in [4.78, 5) is 23.3. The Morgan fingerprint density at radius 3 is 2.38 bits per heavy atom. The molecule has 7 nitrogen and oxygen atoms in total. The molecule has 1 amide bonds. The lowest BCUT2D eigenvalue weighted by Crippen LogP contribution is -2.41. The molecule has 3 N–H and O–H groups in total. The van der Waals surface area contributed by atoms with Crippen LogP contribution in [0.25, 0.3) is 0 Å². The number of carbonyl (C=O) groups excluding carboxylic acids is 1. The SMILES string of the molecule is CCNS(=O)(=O)c1ccc(CC(=O)NC(CC2CC2)C(=O)O)cc1.